The summed E-state index contributed by atoms with van der Waals surface area (Å²) >= 11 is 0. The maximum absolute atomic E-state index is 13.4. The van der Waals surface area contributed by atoms with Gasteiger partial charge in [-0.05, 0) is 61.5 Å². The molecule has 1 saturated carbocycles. The summed E-state index contributed by atoms with van der Waals surface area (Å²) in [5.41, 5.74) is 2.30. The molecule has 0 amide bonds. The van der Waals surface area contributed by atoms with Gasteiger partial charge in [-0.3, -0.25) is 0 Å². The number of aromatic nitrogens is 3. The second kappa shape index (κ2) is 6.16. The van der Waals surface area contributed by atoms with Crippen LogP contribution >= 0.6 is 0 Å². The van der Waals surface area contributed by atoms with E-state index in [9.17, 15) is 4.39 Å². The molecule has 3 aromatic rings. The Kier molecular flexibility index (Phi) is 3.87. The monoisotopic (exact) mass is 312 g/mol. The SMILES string of the molecule is Fc1ccc2[nH]cc(C3CC3CNCCCn3ccnc3)c2c1. The molecule has 23 heavy (non-hydrogen) atoms. The molecule has 1 aromatic carbocycles. The summed E-state index contributed by atoms with van der Waals surface area (Å²) in [6, 6.07) is 4.98. The number of H-pyrrole nitrogens is 1. The molecule has 0 spiro atoms. The highest BCUT2D eigenvalue weighted by Crippen LogP contribution is 2.49. The highest BCUT2D eigenvalue weighted by atomic mass is 19.1. The van der Waals surface area contributed by atoms with Gasteiger partial charge in [0, 0.05) is 36.0 Å². The van der Waals surface area contributed by atoms with Gasteiger partial charge in [0.15, 0.2) is 0 Å². The topological polar surface area (TPSA) is 45.6 Å². The minimum absolute atomic E-state index is 0.159. The number of nitrogens with one attached hydrogen (secondary N) is 2. The van der Waals surface area contributed by atoms with E-state index in [0.29, 0.717) is 11.8 Å². The molecule has 2 unspecified atom stereocenters. The zero-order chi connectivity index (χ0) is 15.6. The Morgan fingerprint density at radius 3 is 3.22 bits per heavy atom. The van der Waals surface area contributed by atoms with Crippen molar-refractivity contribution in [2.24, 2.45) is 5.92 Å². The Balaban J connectivity index is 1.26. The number of hydrogen-bond donors (Lipinski definition) is 2. The van der Waals surface area contributed by atoms with Crippen molar-refractivity contribution < 1.29 is 4.39 Å². The van der Waals surface area contributed by atoms with Gasteiger partial charge in [-0.25, -0.2) is 9.37 Å². The fourth-order valence-electron chi connectivity index (χ4n) is 3.37. The fraction of sp³-hybridized carbons (Fsp3) is 0.389. The lowest BCUT2D eigenvalue weighted by Gasteiger charge is -2.05. The summed E-state index contributed by atoms with van der Waals surface area (Å²) in [5.74, 6) is 1.07. The molecule has 1 aliphatic carbocycles. The Morgan fingerprint density at radius 2 is 2.35 bits per heavy atom. The van der Waals surface area contributed by atoms with Crippen molar-refractivity contribution in [2.45, 2.75) is 25.3 Å². The lowest BCUT2D eigenvalue weighted by molar-refractivity contribution is 0.561. The zero-order valence-corrected chi connectivity index (χ0v) is 13.0. The molecule has 4 rings (SSSR count). The molecule has 2 atom stereocenters. The van der Waals surface area contributed by atoms with E-state index in [4.69, 9.17) is 0 Å². The average molecular weight is 312 g/mol. The maximum atomic E-state index is 13.4. The first-order chi connectivity index (χ1) is 11.3. The highest BCUT2D eigenvalue weighted by Gasteiger charge is 2.39. The van der Waals surface area contributed by atoms with Gasteiger partial charge in [0.05, 0.1) is 6.33 Å². The molecule has 0 saturated heterocycles. The third kappa shape index (κ3) is 3.15. The van der Waals surface area contributed by atoms with Gasteiger partial charge in [0.1, 0.15) is 5.82 Å². The lowest BCUT2D eigenvalue weighted by Crippen LogP contribution is -2.19. The number of halogens is 1. The highest BCUT2D eigenvalue weighted by molar-refractivity contribution is 5.84. The number of benzene rings is 1. The normalized spacial score (nSPS) is 20.2. The van der Waals surface area contributed by atoms with E-state index in [0.717, 1.165) is 37.0 Å². The average Bonchev–Trinajstić information content (AvgIpc) is 2.97. The molecular weight excluding hydrogens is 291 g/mol. The van der Waals surface area contributed by atoms with Gasteiger partial charge in [-0.1, -0.05) is 0 Å². The van der Waals surface area contributed by atoms with Gasteiger partial charge in [-0.2, -0.15) is 0 Å². The number of aryl methyl sites for hydroxylation is 1. The van der Waals surface area contributed by atoms with E-state index in [1.807, 2.05) is 31.0 Å². The molecule has 1 aliphatic rings. The molecular formula is C18H21FN4. The largest absolute Gasteiger partial charge is 0.361 e. The molecule has 0 radical (unpaired) electrons. The second-order valence-electron chi connectivity index (χ2n) is 6.39. The third-order valence-corrected chi connectivity index (χ3v) is 4.73. The number of fused-ring (bicyclic) bond motifs is 1. The maximum Gasteiger partial charge on any atom is 0.123 e. The Bertz CT molecular complexity index is 778. The first-order valence-electron chi connectivity index (χ1n) is 8.24. The van der Waals surface area contributed by atoms with Crippen molar-refractivity contribution in [3.05, 3.63) is 54.5 Å². The van der Waals surface area contributed by atoms with Crippen LogP contribution in [0.15, 0.2) is 43.1 Å². The first-order valence-corrected chi connectivity index (χ1v) is 8.24. The number of nitrogens with zero attached hydrogens (tertiary/aromatic N) is 2. The molecule has 2 heterocycles. The predicted molar refractivity (Wildman–Crippen MR) is 88.8 cm³/mol. The van der Waals surface area contributed by atoms with Crippen LogP contribution in [-0.2, 0) is 6.54 Å². The van der Waals surface area contributed by atoms with Gasteiger partial charge >= 0.3 is 0 Å². The molecule has 2 N–H and O–H groups in total. The van der Waals surface area contributed by atoms with Crippen LogP contribution in [-0.4, -0.2) is 27.6 Å². The summed E-state index contributed by atoms with van der Waals surface area (Å²) in [7, 11) is 0. The Morgan fingerprint density at radius 1 is 1.39 bits per heavy atom. The van der Waals surface area contributed by atoms with Crippen molar-refractivity contribution >= 4 is 10.9 Å². The van der Waals surface area contributed by atoms with E-state index < -0.39 is 0 Å². The molecule has 0 bridgehead atoms. The van der Waals surface area contributed by atoms with Crippen molar-refractivity contribution in [1.29, 1.82) is 0 Å². The van der Waals surface area contributed by atoms with Crippen molar-refractivity contribution in [2.75, 3.05) is 13.1 Å². The Labute approximate surface area is 134 Å². The van der Waals surface area contributed by atoms with Crippen molar-refractivity contribution in [3.63, 3.8) is 0 Å². The van der Waals surface area contributed by atoms with Gasteiger partial charge < -0.3 is 14.9 Å². The van der Waals surface area contributed by atoms with Crippen LogP contribution in [0.3, 0.4) is 0 Å². The van der Waals surface area contributed by atoms with Crippen LogP contribution in [0.5, 0.6) is 0 Å². The van der Waals surface area contributed by atoms with E-state index >= 15 is 0 Å². The first kappa shape index (κ1) is 14.5. The van der Waals surface area contributed by atoms with E-state index in [1.54, 1.807) is 6.07 Å². The molecule has 5 heteroatoms. The van der Waals surface area contributed by atoms with Crippen LogP contribution in [0.1, 0.15) is 24.3 Å². The molecule has 2 aromatic heterocycles. The zero-order valence-electron chi connectivity index (χ0n) is 13.0. The summed E-state index contributed by atoms with van der Waals surface area (Å²) in [6.45, 7) is 3.06. The number of imidazole rings is 1. The molecule has 1 fully saturated rings. The standard InChI is InChI=1S/C18H21FN4/c19-14-2-3-18-16(9-14)17(11-22-18)15-8-13(15)10-20-4-1-6-23-7-5-21-12-23/h2-3,5,7,9,11-13,15,20,22H,1,4,6,8,10H2. The second-order valence-corrected chi connectivity index (χ2v) is 6.39. The van der Waals surface area contributed by atoms with E-state index in [-0.39, 0.29) is 5.82 Å². The number of aromatic amines is 1. The van der Waals surface area contributed by atoms with Crippen LogP contribution in [0.4, 0.5) is 4.39 Å². The minimum atomic E-state index is -0.159. The Hall–Kier alpha value is -2.14. The van der Waals surface area contributed by atoms with Crippen LogP contribution < -0.4 is 5.32 Å². The van der Waals surface area contributed by atoms with Gasteiger partial charge in [-0.15, -0.1) is 0 Å². The minimum Gasteiger partial charge on any atom is -0.361 e. The fourth-order valence-corrected chi connectivity index (χ4v) is 3.37. The molecule has 0 aliphatic heterocycles. The van der Waals surface area contributed by atoms with Crippen molar-refractivity contribution in [1.82, 2.24) is 19.9 Å². The van der Waals surface area contributed by atoms with Crippen molar-refractivity contribution in [3.8, 4) is 0 Å². The number of hydrogen-bond acceptors (Lipinski definition) is 2. The number of rotatable bonds is 7. The van der Waals surface area contributed by atoms with E-state index in [1.165, 1.54) is 18.1 Å². The summed E-state index contributed by atoms with van der Waals surface area (Å²) in [4.78, 5) is 7.30. The summed E-state index contributed by atoms with van der Waals surface area (Å²) in [5, 5.41) is 4.58. The predicted octanol–water partition coefficient (Wildman–Crippen LogP) is 3.29. The van der Waals surface area contributed by atoms with Crippen LogP contribution in [0, 0.1) is 11.7 Å². The van der Waals surface area contributed by atoms with Gasteiger partial charge in [0.2, 0.25) is 0 Å². The van der Waals surface area contributed by atoms with Crippen LogP contribution in [0.25, 0.3) is 10.9 Å². The third-order valence-electron chi connectivity index (χ3n) is 4.73. The summed E-state index contributed by atoms with van der Waals surface area (Å²) in [6.07, 6.45) is 10.0. The smallest absolute Gasteiger partial charge is 0.123 e. The van der Waals surface area contributed by atoms with Gasteiger partial charge in [0.25, 0.3) is 0 Å². The lowest BCUT2D eigenvalue weighted by atomic mass is 10.1. The summed E-state index contributed by atoms with van der Waals surface area (Å²) < 4.78 is 15.5. The van der Waals surface area contributed by atoms with E-state index in [2.05, 4.69) is 19.9 Å². The van der Waals surface area contributed by atoms with Crippen LogP contribution in [0.2, 0.25) is 0 Å². The quantitative estimate of drug-likeness (QED) is 0.658. The molecule has 4 nitrogen and oxygen atoms in total. The molecule has 120 valence electrons.